The topological polar surface area (TPSA) is 26.0 Å². The molecule has 0 atom stereocenters. The van der Waals surface area contributed by atoms with Crippen molar-refractivity contribution >= 4 is 0 Å². The Hall–Kier alpha value is 0.644. The van der Waals surface area contributed by atoms with E-state index in [0.717, 1.165) is 18.5 Å². The second kappa shape index (κ2) is 9.64. The number of hydrogen-bond donors (Lipinski definition) is 1. The molecule has 0 unspecified atom stereocenters. The van der Waals surface area contributed by atoms with Crippen molar-refractivity contribution in [3.63, 3.8) is 0 Å². The molecule has 2 N–H and O–H groups in total. The number of allylic oxidation sites excluding steroid dienone is 2. The summed E-state index contributed by atoms with van der Waals surface area (Å²) < 4.78 is 0. The van der Waals surface area contributed by atoms with Crippen LogP contribution in [0.15, 0.2) is 11.8 Å². The van der Waals surface area contributed by atoms with Gasteiger partial charge in [0, 0.05) is 32.7 Å². The molecule has 2 heteroatoms. The van der Waals surface area contributed by atoms with E-state index < -0.39 is 0 Å². The maximum atomic E-state index is 5.48. The Kier molecular flexibility index (Phi) is 12.8. The van der Waals surface area contributed by atoms with Crippen LogP contribution in [0.2, 0.25) is 0 Å². The zero-order chi connectivity index (χ0) is 7.11. The SMILES string of the molecule is CC.NC1=CC[CH-]CC1.[Y]. The molecule has 1 aliphatic carbocycles. The molecule has 1 rings (SSSR count). The molecular formula is C8H16NY-. The molecule has 1 nitrogen and oxygen atoms in total. The molecule has 0 amide bonds. The van der Waals surface area contributed by atoms with Gasteiger partial charge in [-0.25, -0.2) is 0 Å². The Balaban J connectivity index is 0. The Morgan fingerprint density at radius 3 is 2.30 bits per heavy atom. The molecular weight excluding hydrogens is 199 g/mol. The Bertz CT molecular complexity index is 89.3. The summed E-state index contributed by atoms with van der Waals surface area (Å²) >= 11 is 0. The summed E-state index contributed by atoms with van der Waals surface area (Å²) in [5, 5.41) is 0. The van der Waals surface area contributed by atoms with Gasteiger partial charge in [-0.05, 0) is 12.1 Å². The van der Waals surface area contributed by atoms with E-state index in [2.05, 4.69) is 12.5 Å². The summed E-state index contributed by atoms with van der Waals surface area (Å²) in [7, 11) is 0. The van der Waals surface area contributed by atoms with Crippen LogP contribution in [0.25, 0.3) is 0 Å². The van der Waals surface area contributed by atoms with Gasteiger partial charge in [0.1, 0.15) is 0 Å². The van der Waals surface area contributed by atoms with Crippen LogP contribution in [-0.4, -0.2) is 0 Å². The molecule has 0 heterocycles. The molecule has 0 aromatic heterocycles. The Morgan fingerprint density at radius 1 is 1.50 bits per heavy atom. The van der Waals surface area contributed by atoms with Crippen LogP contribution in [0.5, 0.6) is 0 Å². The van der Waals surface area contributed by atoms with Gasteiger partial charge in [-0.15, -0.1) is 0 Å². The smallest absolute Gasteiger partial charge is 0 e. The van der Waals surface area contributed by atoms with Crippen LogP contribution in [0.1, 0.15) is 33.1 Å². The quantitative estimate of drug-likeness (QED) is 0.616. The molecule has 0 saturated carbocycles. The van der Waals surface area contributed by atoms with E-state index in [0.29, 0.717) is 0 Å². The minimum atomic E-state index is 0. The van der Waals surface area contributed by atoms with Crippen molar-refractivity contribution in [3.8, 4) is 0 Å². The van der Waals surface area contributed by atoms with Gasteiger partial charge in [0.15, 0.2) is 0 Å². The van der Waals surface area contributed by atoms with E-state index >= 15 is 0 Å². The molecule has 0 bridgehead atoms. The van der Waals surface area contributed by atoms with E-state index in [9.17, 15) is 0 Å². The van der Waals surface area contributed by atoms with E-state index in [1.165, 1.54) is 6.42 Å². The van der Waals surface area contributed by atoms with Crippen molar-refractivity contribution in [2.24, 2.45) is 5.73 Å². The first-order chi connectivity index (χ1) is 4.39. The summed E-state index contributed by atoms with van der Waals surface area (Å²) in [6.07, 6.45) is 7.63. The first-order valence-corrected chi connectivity index (χ1v) is 3.66. The van der Waals surface area contributed by atoms with E-state index in [-0.39, 0.29) is 32.7 Å². The molecule has 1 radical (unpaired) electrons. The average molecular weight is 215 g/mol. The van der Waals surface area contributed by atoms with Crippen LogP contribution in [0.3, 0.4) is 0 Å². The van der Waals surface area contributed by atoms with Crippen molar-refractivity contribution in [1.82, 2.24) is 0 Å². The fourth-order valence-corrected chi connectivity index (χ4v) is 0.723. The van der Waals surface area contributed by atoms with Gasteiger partial charge in [0.2, 0.25) is 0 Å². The monoisotopic (exact) mass is 215 g/mol. The van der Waals surface area contributed by atoms with E-state index in [1.54, 1.807) is 0 Å². The Morgan fingerprint density at radius 2 is 2.10 bits per heavy atom. The third-order valence-electron chi connectivity index (χ3n) is 1.18. The predicted molar refractivity (Wildman–Crippen MR) is 41.8 cm³/mol. The van der Waals surface area contributed by atoms with Gasteiger partial charge in [-0.1, -0.05) is 19.9 Å². The summed E-state index contributed by atoms with van der Waals surface area (Å²) in [6, 6.07) is 0. The van der Waals surface area contributed by atoms with Gasteiger partial charge in [-0.2, -0.15) is 12.8 Å². The molecule has 1 aliphatic rings. The minimum Gasteiger partial charge on any atom is -0.402 e. The van der Waals surface area contributed by atoms with Gasteiger partial charge in [0.05, 0.1) is 0 Å². The van der Waals surface area contributed by atoms with Gasteiger partial charge < -0.3 is 12.2 Å². The van der Waals surface area contributed by atoms with Crippen LogP contribution in [0, 0.1) is 6.42 Å². The Labute approximate surface area is 89.3 Å². The number of rotatable bonds is 0. The summed E-state index contributed by atoms with van der Waals surface area (Å²) in [5.74, 6) is 0. The molecule has 0 aliphatic heterocycles. The third-order valence-corrected chi connectivity index (χ3v) is 1.18. The summed E-state index contributed by atoms with van der Waals surface area (Å²) in [4.78, 5) is 0. The first kappa shape index (κ1) is 13.2. The standard InChI is InChI=1S/C6H10N.C2H6.Y/c7-6-4-2-1-3-5-6;1-2;/h1,4H,2-3,5,7H2;1-2H3;/q-1;;. The van der Waals surface area contributed by atoms with Crippen molar-refractivity contribution in [2.45, 2.75) is 33.1 Å². The third kappa shape index (κ3) is 6.76. The molecule has 0 aromatic rings. The van der Waals surface area contributed by atoms with Crippen LogP contribution >= 0.6 is 0 Å². The molecule has 0 aromatic carbocycles. The van der Waals surface area contributed by atoms with Crippen molar-refractivity contribution in [1.29, 1.82) is 0 Å². The van der Waals surface area contributed by atoms with Gasteiger partial charge >= 0.3 is 0 Å². The van der Waals surface area contributed by atoms with Crippen LogP contribution < -0.4 is 5.73 Å². The van der Waals surface area contributed by atoms with Crippen LogP contribution in [-0.2, 0) is 32.7 Å². The fourth-order valence-electron chi connectivity index (χ4n) is 0.723. The van der Waals surface area contributed by atoms with Crippen molar-refractivity contribution in [2.75, 3.05) is 0 Å². The zero-order valence-electron chi connectivity index (χ0n) is 6.93. The second-order valence-electron chi connectivity index (χ2n) is 1.84. The number of nitrogens with two attached hydrogens (primary N) is 1. The summed E-state index contributed by atoms with van der Waals surface area (Å²) in [6.45, 7) is 4.00. The molecule has 0 saturated heterocycles. The van der Waals surface area contributed by atoms with Crippen molar-refractivity contribution in [3.05, 3.63) is 18.2 Å². The van der Waals surface area contributed by atoms with Crippen molar-refractivity contribution < 1.29 is 32.7 Å². The fraction of sp³-hybridized carbons (Fsp3) is 0.625. The normalized spacial score (nSPS) is 15.6. The maximum absolute atomic E-state index is 5.48. The molecule has 0 spiro atoms. The summed E-state index contributed by atoms with van der Waals surface area (Å²) in [5.41, 5.74) is 6.53. The average Bonchev–Trinajstić information content (AvgIpc) is 1.94. The molecule has 57 valence electrons. The first-order valence-electron chi connectivity index (χ1n) is 3.66. The van der Waals surface area contributed by atoms with E-state index in [1.807, 2.05) is 13.8 Å². The van der Waals surface area contributed by atoms with Crippen LogP contribution in [0.4, 0.5) is 0 Å². The van der Waals surface area contributed by atoms with Gasteiger partial charge in [-0.3, -0.25) is 0 Å². The predicted octanol–water partition coefficient (Wildman–Crippen LogP) is 2.24. The maximum Gasteiger partial charge on any atom is 0 e. The molecule has 0 fully saturated rings. The minimum absolute atomic E-state index is 0. The largest absolute Gasteiger partial charge is 0.402 e. The van der Waals surface area contributed by atoms with Gasteiger partial charge in [0.25, 0.3) is 0 Å². The second-order valence-corrected chi connectivity index (χ2v) is 1.84. The van der Waals surface area contributed by atoms with E-state index in [4.69, 9.17) is 5.73 Å². The molecule has 10 heavy (non-hydrogen) atoms. The number of hydrogen-bond acceptors (Lipinski definition) is 1. The zero-order valence-corrected chi connectivity index (χ0v) is 9.77.